The number of anilines is 1. The average Bonchev–Trinajstić information content (AvgIpc) is 3.38. The molecule has 0 saturated carbocycles. The SMILES string of the molecule is COc1ccc(Cn2nnnc2[C@@H](c2ccccc2F)N2CCN(c3ccc(OC)cc3)CC2)cc1. The highest BCUT2D eigenvalue weighted by Gasteiger charge is 2.32. The first-order valence-corrected chi connectivity index (χ1v) is 11.9. The van der Waals surface area contributed by atoms with Crippen LogP contribution in [0.5, 0.6) is 11.5 Å². The number of benzene rings is 3. The van der Waals surface area contributed by atoms with E-state index in [1.807, 2.05) is 48.5 Å². The Balaban J connectivity index is 1.40. The lowest BCUT2D eigenvalue weighted by Crippen LogP contribution is -2.48. The van der Waals surface area contributed by atoms with Crippen molar-refractivity contribution in [1.82, 2.24) is 25.1 Å². The quantitative estimate of drug-likeness (QED) is 0.374. The molecular formula is C27H29FN6O2. The fraction of sp³-hybridized carbons (Fsp3) is 0.296. The molecule has 1 fully saturated rings. The van der Waals surface area contributed by atoms with Crippen molar-refractivity contribution in [1.29, 1.82) is 0 Å². The van der Waals surface area contributed by atoms with E-state index in [0.717, 1.165) is 48.9 Å². The highest BCUT2D eigenvalue weighted by atomic mass is 19.1. The minimum Gasteiger partial charge on any atom is -0.497 e. The number of piperazine rings is 1. The van der Waals surface area contributed by atoms with Crippen molar-refractivity contribution in [3.05, 3.63) is 95.6 Å². The van der Waals surface area contributed by atoms with Crippen LogP contribution in [0.2, 0.25) is 0 Å². The van der Waals surface area contributed by atoms with Crippen LogP contribution in [-0.4, -0.2) is 65.5 Å². The predicted molar refractivity (Wildman–Crippen MR) is 135 cm³/mol. The topological polar surface area (TPSA) is 68.5 Å². The van der Waals surface area contributed by atoms with Crippen molar-refractivity contribution in [2.75, 3.05) is 45.3 Å². The summed E-state index contributed by atoms with van der Waals surface area (Å²) >= 11 is 0. The molecule has 9 heteroatoms. The third-order valence-electron chi connectivity index (χ3n) is 6.61. The van der Waals surface area contributed by atoms with Gasteiger partial charge in [-0.15, -0.1) is 5.10 Å². The largest absolute Gasteiger partial charge is 0.497 e. The smallest absolute Gasteiger partial charge is 0.173 e. The van der Waals surface area contributed by atoms with Gasteiger partial charge in [0.05, 0.1) is 20.8 Å². The van der Waals surface area contributed by atoms with Gasteiger partial charge in [0, 0.05) is 37.4 Å². The molecule has 0 aliphatic carbocycles. The molecule has 0 amide bonds. The highest BCUT2D eigenvalue weighted by molar-refractivity contribution is 5.49. The van der Waals surface area contributed by atoms with Crippen LogP contribution in [0.25, 0.3) is 0 Å². The molecule has 1 atom stereocenters. The first-order chi connectivity index (χ1) is 17.7. The highest BCUT2D eigenvalue weighted by Crippen LogP contribution is 2.31. The molecule has 0 radical (unpaired) electrons. The summed E-state index contributed by atoms with van der Waals surface area (Å²) in [5.41, 5.74) is 2.74. The molecule has 2 heterocycles. The molecule has 0 N–H and O–H groups in total. The Labute approximate surface area is 209 Å². The van der Waals surface area contributed by atoms with Gasteiger partial charge in [-0.05, 0) is 58.5 Å². The van der Waals surface area contributed by atoms with E-state index in [1.165, 1.54) is 6.07 Å². The Morgan fingerprint density at radius 1 is 0.833 bits per heavy atom. The minimum atomic E-state index is -0.405. The first kappa shape index (κ1) is 23.7. The monoisotopic (exact) mass is 488 g/mol. The van der Waals surface area contributed by atoms with Gasteiger partial charge >= 0.3 is 0 Å². The van der Waals surface area contributed by atoms with Crippen LogP contribution in [0.15, 0.2) is 72.8 Å². The summed E-state index contributed by atoms with van der Waals surface area (Å²) in [6.07, 6.45) is 0. The number of methoxy groups -OCH3 is 2. The van der Waals surface area contributed by atoms with E-state index < -0.39 is 6.04 Å². The molecule has 36 heavy (non-hydrogen) atoms. The number of rotatable bonds is 8. The Morgan fingerprint density at radius 3 is 2.11 bits per heavy atom. The number of hydrogen-bond acceptors (Lipinski definition) is 7. The van der Waals surface area contributed by atoms with Gasteiger partial charge in [0.2, 0.25) is 0 Å². The van der Waals surface area contributed by atoms with Gasteiger partial charge in [0.25, 0.3) is 0 Å². The van der Waals surface area contributed by atoms with Crippen molar-refractivity contribution in [3.8, 4) is 11.5 Å². The van der Waals surface area contributed by atoms with E-state index in [9.17, 15) is 0 Å². The third kappa shape index (κ3) is 5.01. The second-order valence-electron chi connectivity index (χ2n) is 8.69. The Bertz CT molecular complexity index is 1270. The summed E-state index contributed by atoms with van der Waals surface area (Å²) in [5.74, 6) is 1.98. The summed E-state index contributed by atoms with van der Waals surface area (Å²) in [7, 11) is 3.31. The molecule has 5 rings (SSSR count). The second kappa shape index (κ2) is 10.7. The van der Waals surface area contributed by atoms with E-state index in [0.29, 0.717) is 17.9 Å². The minimum absolute atomic E-state index is 0.265. The predicted octanol–water partition coefficient (Wildman–Crippen LogP) is 3.79. The average molecular weight is 489 g/mol. The van der Waals surface area contributed by atoms with Crippen molar-refractivity contribution < 1.29 is 13.9 Å². The van der Waals surface area contributed by atoms with Crippen LogP contribution < -0.4 is 14.4 Å². The standard InChI is InChI=1S/C27H29FN6O2/c1-35-22-11-7-20(8-12-22)19-34-27(29-30-31-34)26(24-5-3-4-6-25(24)28)33-17-15-32(16-18-33)21-9-13-23(36-2)14-10-21/h3-14,26H,15-19H2,1-2H3/t26-/m1/s1. The van der Waals surface area contributed by atoms with Crippen LogP contribution in [0.3, 0.4) is 0 Å². The van der Waals surface area contributed by atoms with Crippen LogP contribution in [-0.2, 0) is 6.54 Å². The number of aromatic nitrogens is 4. The zero-order valence-electron chi connectivity index (χ0n) is 20.4. The van der Waals surface area contributed by atoms with E-state index in [1.54, 1.807) is 25.0 Å². The zero-order valence-corrected chi connectivity index (χ0v) is 20.4. The van der Waals surface area contributed by atoms with Crippen LogP contribution in [0.1, 0.15) is 23.0 Å². The van der Waals surface area contributed by atoms with Crippen molar-refractivity contribution in [2.24, 2.45) is 0 Å². The van der Waals surface area contributed by atoms with E-state index in [-0.39, 0.29) is 5.82 Å². The lowest BCUT2D eigenvalue weighted by molar-refractivity contribution is 0.198. The van der Waals surface area contributed by atoms with Gasteiger partial charge in [0.15, 0.2) is 5.82 Å². The Hall–Kier alpha value is -3.98. The van der Waals surface area contributed by atoms with E-state index in [4.69, 9.17) is 9.47 Å². The van der Waals surface area contributed by atoms with Gasteiger partial charge in [-0.25, -0.2) is 9.07 Å². The summed E-state index contributed by atoms with van der Waals surface area (Å²) in [6.45, 7) is 3.55. The molecule has 4 aromatic rings. The van der Waals surface area contributed by atoms with Gasteiger partial charge in [-0.3, -0.25) is 4.90 Å². The van der Waals surface area contributed by atoms with E-state index in [2.05, 4.69) is 37.5 Å². The number of nitrogens with zero attached hydrogens (tertiary/aromatic N) is 6. The third-order valence-corrected chi connectivity index (χ3v) is 6.61. The maximum Gasteiger partial charge on any atom is 0.173 e. The van der Waals surface area contributed by atoms with Gasteiger partial charge in [-0.1, -0.05) is 30.3 Å². The van der Waals surface area contributed by atoms with Crippen LogP contribution in [0.4, 0.5) is 10.1 Å². The maximum absolute atomic E-state index is 15.1. The molecule has 0 unspecified atom stereocenters. The maximum atomic E-state index is 15.1. The molecule has 1 aromatic heterocycles. The normalized spacial score (nSPS) is 15.0. The van der Waals surface area contributed by atoms with Crippen molar-refractivity contribution >= 4 is 5.69 Å². The lowest BCUT2D eigenvalue weighted by Gasteiger charge is -2.40. The molecule has 1 saturated heterocycles. The Kier molecular flexibility index (Phi) is 7.08. The molecule has 0 bridgehead atoms. The second-order valence-corrected chi connectivity index (χ2v) is 8.69. The molecule has 186 valence electrons. The van der Waals surface area contributed by atoms with E-state index >= 15 is 4.39 Å². The number of tetrazole rings is 1. The molecule has 0 spiro atoms. The first-order valence-electron chi connectivity index (χ1n) is 11.9. The van der Waals surface area contributed by atoms with Gasteiger partial charge < -0.3 is 14.4 Å². The fourth-order valence-corrected chi connectivity index (χ4v) is 4.65. The van der Waals surface area contributed by atoms with Crippen molar-refractivity contribution in [3.63, 3.8) is 0 Å². The number of halogens is 1. The van der Waals surface area contributed by atoms with Crippen molar-refractivity contribution in [2.45, 2.75) is 12.6 Å². The molecular weight excluding hydrogens is 459 g/mol. The summed E-state index contributed by atoms with van der Waals surface area (Å²) in [4.78, 5) is 4.59. The number of ether oxygens (including phenoxy) is 2. The lowest BCUT2D eigenvalue weighted by atomic mass is 10.0. The summed E-state index contributed by atoms with van der Waals surface area (Å²) < 4.78 is 27.4. The van der Waals surface area contributed by atoms with Gasteiger partial charge in [-0.2, -0.15) is 0 Å². The molecule has 3 aromatic carbocycles. The molecule has 8 nitrogen and oxygen atoms in total. The van der Waals surface area contributed by atoms with Crippen LogP contribution >= 0.6 is 0 Å². The van der Waals surface area contributed by atoms with Gasteiger partial charge in [0.1, 0.15) is 23.4 Å². The molecule has 1 aliphatic rings. The molecule has 1 aliphatic heterocycles. The zero-order chi connectivity index (χ0) is 24.9. The summed E-state index contributed by atoms with van der Waals surface area (Å²) in [5, 5.41) is 12.6. The fourth-order valence-electron chi connectivity index (χ4n) is 4.65. The van der Waals surface area contributed by atoms with Crippen LogP contribution in [0, 0.1) is 5.82 Å². The number of hydrogen-bond donors (Lipinski definition) is 0. The Morgan fingerprint density at radius 2 is 1.47 bits per heavy atom. The summed E-state index contributed by atoms with van der Waals surface area (Å²) in [6, 6.07) is 22.3.